The third-order valence-electron chi connectivity index (χ3n) is 2.36. The molecule has 0 radical (unpaired) electrons. The van der Waals surface area contributed by atoms with Crippen molar-refractivity contribution in [1.29, 1.82) is 0 Å². The Morgan fingerprint density at radius 2 is 2.00 bits per heavy atom. The summed E-state index contributed by atoms with van der Waals surface area (Å²) in [6, 6.07) is 0. The smallest absolute Gasteiger partial charge is 0.374 e. The lowest BCUT2D eigenvalue weighted by atomic mass is 10.0. The summed E-state index contributed by atoms with van der Waals surface area (Å²) in [4.78, 5) is 11.1. The lowest BCUT2D eigenvalue weighted by Gasteiger charge is -2.27. The van der Waals surface area contributed by atoms with Crippen molar-refractivity contribution in [2.45, 2.75) is 52.0 Å². The van der Waals surface area contributed by atoms with Crippen LogP contribution in [-0.2, 0) is 23.1 Å². The van der Waals surface area contributed by atoms with Gasteiger partial charge in [0.15, 0.2) is 0 Å². The molecule has 2 atom stereocenters. The van der Waals surface area contributed by atoms with Crippen molar-refractivity contribution < 1.29 is 23.1 Å². The summed E-state index contributed by atoms with van der Waals surface area (Å²) in [6.45, 7) is 8.46. The molecule has 0 amide bonds. The minimum atomic E-state index is -3.41. The maximum Gasteiger partial charge on any atom is 0.374 e. The molecule has 0 aromatic carbocycles. The van der Waals surface area contributed by atoms with Crippen LogP contribution in [0, 0.1) is 0 Å². The zero-order valence-electron chi connectivity index (χ0n) is 10.4. The molecule has 1 rings (SSSR count). The van der Waals surface area contributed by atoms with Gasteiger partial charge in [-0.05, 0) is 27.7 Å². The van der Waals surface area contributed by atoms with Crippen molar-refractivity contribution >= 4 is 13.6 Å². The number of ether oxygens (including phenoxy) is 1. The maximum atomic E-state index is 12.5. The number of hydrogen-bond donors (Lipinski definition) is 0. The Balaban J connectivity index is 3.04. The molecule has 0 aromatic heterocycles. The second kappa shape index (κ2) is 4.13. The average Bonchev–Trinajstić information content (AvgIpc) is 2.14. The molecule has 1 saturated heterocycles. The maximum absolute atomic E-state index is 12.5. The van der Waals surface area contributed by atoms with Crippen molar-refractivity contribution in [3.05, 3.63) is 0 Å². The molecule has 0 aliphatic carbocycles. The Kier molecular flexibility index (Phi) is 3.53. The van der Waals surface area contributed by atoms with E-state index in [0.29, 0.717) is 6.42 Å². The molecule has 5 nitrogen and oxygen atoms in total. The highest BCUT2D eigenvalue weighted by atomic mass is 31.2. The molecule has 1 aliphatic heterocycles. The van der Waals surface area contributed by atoms with Gasteiger partial charge < -0.3 is 9.26 Å². The zero-order valence-corrected chi connectivity index (χ0v) is 11.3. The summed E-state index contributed by atoms with van der Waals surface area (Å²) in [5.41, 5.74) is -0.616. The largest absolute Gasteiger partial charge is 0.446 e. The Bertz CT molecular complexity index is 338. The van der Waals surface area contributed by atoms with Gasteiger partial charge in [0.05, 0.1) is 12.2 Å². The summed E-state index contributed by atoms with van der Waals surface area (Å²) in [5, 5.41) is -1.18. The van der Waals surface area contributed by atoms with Crippen LogP contribution in [-0.4, -0.2) is 23.5 Å². The first-order chi connectivity index (χ1) is 7.14. The molecule has 0 spiro atoms. The van der Waals surface area contributed by atoms with Gasteiger partial charge in [-0.15, -0.1) is 0 Å². The standard InChI is InChI=1S/C10H19O5P/c1-6-13-16(12)10(5,14-8(2)11)7-9(3,4)15-16/h6-7H2,1-5H3. The van der Waals surface area contributed by atoms with Crippen LogP contribution in [0.25, 0.3) is 0 Å². The monoisotopic (exact) mass is 250 g/mol. The van der Waals surface area contributed by atoms with Crippen LogP contribution in [0.3, 0.4) is 0 Å². The third-order valence-corrected chi connectivity index (χ3v) is 5.10. The van der Waals surface area contributed by atoms with Gasteiger partial charge in [0.1, 0.15) is 0 Å². The SMILES string of the molecule is CCOP1(=O)OC(C)(C)CC1(C)OC(C)=O. The summed E-state index contributed by atoms with van der Waals surface area (Å²) in [7, 11) is -3.41. The Morgan fingerprint density at radius 1 is 1.44 bits per heavy atom. The van der Waals surface area contributed by atoms with Crippen LogP contribution in [0.2, 0.25) is 0 Å². The molecular formula is C10H19O5P. The topological polar surface area (TPSA) is 61.8 Å². The second-order valence-corrected chi connectivity index (χ2v) is 7.09. The number of hydrogen-bond acceptors (Lipinski definition) is 5. The van der Waals surface area contributed by atoms with Crippen molar-refractivity contribution in [2.75, 3.05) is 6.61 Å². The predicted octanol–water partition coefficient (Wildman–Crippen LogP) is 2.69. The van der Waals surface area contributed by atoms with Crippen LogP contribution < -0.4 is 0 Å². The van der Waals surface area contributed by atoms with E-state index in [9.17, 15) is 9.36 Å². The van der Waals surface area contributed by atoms with Gasteiger partial charge in [0.2, 0.25) is 5.34 Å². The van der Waals surface area contributed by atoms with Gasteiger partial charge in [-0.1, -0.05) is 0 Å². The first-order valence-corrected chi connectivity index (χ1v) is 6.83. The van der Waals surface area contributed by atoms with Crippen LogP contribution >= 0.6 is 7.60 Å². The molecule has 16 heavy (non-hydrogen) atoms. The van der Waals surface area contributed by atoms with Crippen molar-refractivity contribution in [3.8, 4) is 0 Å². The van der Waals surface area contributed by atoms with E-state index in [1.54, 1.807) is 27.7 Å². The third kappa shape index (κ3) is 2.47. The van der Waals surface area contributed by atoms with Crippen molar-refractivity contribution in [2.24, 2.45) is 0 Å². The van der Waals surface area contributed by atoms with E-state index in [1.807, 2.05) is 0 Å². The fourth-order valence-corrected chi connectivity index (χ4v) is 4.46. The van der Waals surface area contributed by atoms with Gasteiger partial charge in [-0.25, -0.2) is 0 Å². The summed E-state index contributed by atoms with van der Waals surface area (Å²) >= 11 is 0. The quantitative estimate of drug-likeness (QED) is 0.569. The summed E-state index contributed by atoms with van der Waals surface area (Å²) < 4.78 is 28.3. The molecule has 1 aliphatic rings. The lowest BCUT2D eigenvalue weighted by Crippen LogP contribution is -2.30. The van der Waals surface area contributed by atoms with Gasteiger partial charge in [-0.2, -0.15) is 0 Å². The van der Waals surface area contributed by atoms with E-state index in [2.05, 4.69) is 0 Å². The van der Waals surface area contributed by atoms with E-state index in [4.69, 9.17) is 13.8 Å². The Hall–Kier alpha value is -0.380. The first kappa shape index (κ1) is 13.7. The van der Waals surface area contributed by atoms with Crippen LogP contribution in [0.5, 0.6) is 0 Å². The Morgan fingerprint density at radius 3 is 2.44 bits per heavy atom. The van der Waals surface area contributed by atoms with Crippen molar-refractivity contribution in [3.63, 3.8) is 0 Å². The van der Waals surface area contributed by atoms with Gasteiger partial charge >= 0.3 is 13.6 Å². The van der Waals surface area contributed by atoms with E-state index in [1.165, 1.54) is 6.92 Å². The molecule has 0 saturated carbocycles. The normalized spacial score (nSPS) is 37.3. The second-order valence-electron chi connectivity index (χ2n) is 4.71. The molecule has 0 bridgehead atoms. The number of esters is 1. The van der Waals surface area contributed by atoms with E-state index in [-0.39, 0.29) is 6.61 Å². The van der Waals surface area contributed by atoms with E-state index in [0.717, 1.165) is 0 Å². The number of rotatable bonds is 3. The first-order valence-electron chi connectivity index (χ1n) is 5.29. The number of carbonyl (C=O) groups is 1. The van der Waals surface area contributed by atoms with Crippen LogP contribution in [0.15, 0.2) is 0 Å². The predicted molar refractivity (Wildman–Crippen MR) is 59.2 cm³/mol. The highest BCUT2D eigenvalue weighted by molar-refractivity contribution is 7.55. The molecule has 2 unspecified atom stereocenters. The molecule has 94 valence electrons. The lowest BCUT2D eigenvalue weighted by molar-refractivity contribution is -0.149. The Labute approximate surface area is 96.0 Å². The summed E-state index contributed by atoms with van der Waals surface area (Å²) in [5.74, 6) is -0.483. The molecular weight excluding hydrogens is 231 g/mol. The van der Waals surface area contributed by atoms with Gasteiger partial charge in [-0.3, -0.25) is 13.9 Å². The van der Waals surface area contributed by atoms with Gasteiger partial charge in [0.25, 0.3) is 0 Å². The van der Waals surface area contributed by atoms with Gasteiger partial charge in [0, 0.05) is 13.3 Å². The van der Waals surface area contributed by atoms with Crippen LogP contribution in [0.1, 0.15) is 41.0 Å². The molecule has 1 fully saturated rings. The highest BCUT2D eigenvalue weighted by Gasteiger charge is 2.61. The highest BCUT2D eigenvalue weighted by Crippen LogP contribution is 2.70. The fourth-order valence-electron chi connectivity index (χ4n) is 2.08. The molecule has 6 heteroatoms. The van der Waals surface area contributed by atoms with E-state index >= 15 is 0 Å². The average molecular weight is 250 g/mol. The van der Waals surface area contributed by atoms with Crippen LogP contribution in [0.4, 0.5) is 0 Å². The molecule has 1 heterocycles. The minimum Gasteiger partial charge on any atom is -0.446 e. The van der Waals surface area contributed by atoms with Crippen molar-refractivity contribution in [1.82, 2.24) is 0 Å². The van der Waals surface area contributed by atoms with E-state index < -0.39 is 24.5 Å². The molecule has 0 N–H and O–H groups in total. The minimum absolute atomic E-state index is 0.254. The molecule has 0 aromatic rings. The fraction of sp³-hybridized carbons (Fsp3) is 0.900. The summed E-state index contributed by atoms with van der Waals surface area (Å²) in [6.07, 6.45) is 0.358. The zero-order chi connectivity index (χ0) is 12.6. The number of carbonyl (C=O) groups excluding carboxylic acids is 1.